The topological polar surface area (TPSA) is 68.9 Å². The summed E-state index contributed by atoms with van der Waals surface area (Å²) in [5.41, 5.74) is 6.23. The molecule has 0 fully saturated rings. The third-order valence-corrected chi connectivity index (χ3v) is 2.81. The van der Waals surface area contributed by atoms with Crippen LogP contribution in [0, 0.1) is 0 Å². The molecule has 1 aromatic carbocycles. The Hall–Kier alpha value is -1.75. The van der Waals surface area contributed by atoms with Gasteiger partial charge in [0.25, 0.3) is 5.91 Å². The molecule has 0 unspecified atom stereocenters. The van der Waals surface area contributed by atoms with Crippen molar-refractivity contribution >= 4 is 17.2 Å². The maximum atomic E-state index is 10.8. The number of rotatable bonds is 3. The number of nitrogens with two attached hydrogens (primary N) is 1. The first-order chi connectivity index (χ1) is 7.25. The van der Waals surface area contributed by atoms with Gasteiger partial charge in [-0.3, -0.25) is 4.79 Å². The molecule has 0 aliphatic carbocycles. The van der Waals surface area contributed by atoms with E-state index in [1.807, 2.05) is 30.3 Å². The van der Waals surface area contributed by atoms with Gasteiger partial charge in [0.05, 0.1) is 0 Å². The monoisotopic (exact) mass is 219 g/mol. The van der Waals surface area contributed by atoms with E-state index in [-0.39, 0.29) is 5.01 Å². The fraction of sp³-hybridized carbons (Fsp3) is 0.100. The highest BCUT2D eigenvalue weighted by Crippen LogP contribution is 2.13. The zero-order chi connectivity index (χ0) is 10.7. The highest BCUT2D eigenvalue weighted by Gasteiger charge is 2.08. The number of carbonyl (C=O) groups is 1. The van der Waals surface area contributed by atoms with Gasteiger partial charge in [0.2, 0.25) is 5.01 Å². The lowest BCUT2D eigenvalue weighted by Gasteiger charge is -1.94. The van der Waals surface area contributed by atoms with E-state index in [9.17, 15) is 4.79 Å². The molecule has 0 saturated carbocycles. The van der Waals surface area contributed by atoms with E-state index in [2.05, 4.69) is 10.2 Å². The van der Waals surface area contributed by atoms with Gasteiger partial charge in [-0.25, -0.2) is 0 Å². The fourth-order valence-electron chi connectivity index (χ4n) is 1.20. The fourth-order valence-corrected chi connectivity index (χ4v) is 1.92. The molecular formula is C10H9N3OS. The first-order valence-corrected chi connectivity index (χ1v) is 5.23. The van der Waals surface area contributed by atoms with Gasteiger partial charge in [0.1, 0.15) is 5.01 Å². The Labute approximate surface area is 90.8 Å². The molecular weight excluding hydrogens is 210 g/mol. The van der Waals surface area contributed by atoms with Gasteiger partial charge in [-0.05, 0) is 5.56 Å². The van der Waals surface area contributed by atoms with Gasteiger partial charge in [-0.2, -0.15) is 0 Å². The predicted octanol–water partition coefficient (Wildman–Crippen LogP) is 1.23. The number of hydrogen-bond donors (Lipinski definition) is 1. The average molecular weight is 219 g/mol. The number of nitrogens with zero attached hydrogens (tertiary/aromatic N) is 2. The van der Waals surface area contributed by atoms with E-state index in [4.69, 9.17) is 5.73 Å². The van der Waals surface area contributed by atoms with Crippen LogP contribution in [0.3, 0.4) is 0 Å². The Morgan fingerprint density at radius 3 is 2.60 bits per heavy atom. The molecule has 2 rings (SSSR count). The minimum absolute atomic E-state index is 0.265. The van der Waals surface area contributed by atoms with E-state index in [0.29, 0.717) is 6.42 Å². The molecule has 0 bridgehead atoms. The second kappa shape index (κ2) is 4.18. The van der Waals surface area contributed by atoms with E-state index < -0.39 is 5.91 Å². The van der Waals surface area contributed by atoms with Crippen LogP contribution in [0.15, 0.2) is 30.3 Å². The number of primary amides is 1. The molecule has 0 aliphatic rings. The van der Waals surface area contributed by atoms with E-state index >= 15 is 0 Å². The van der Waals surface area contributed by atoms with Crippen LogP contribution in [0.2, 0.25) is 0 Å². The molecule has 1 heterocycles. The third-order valence-electron chi connectivity index (χ3n) is 1.88. The summed E-state index contributed by atoms with van der Waals surface area (Å²) in [6.07, 6.45) is 0.686. The van der Waals surface area contributed by atoms with Gasteiger partial charge in [-0.1, -0.05) is 41.7 Å². The van der Waals surface area contributed by atoms with Crippen LogP contribution in [0.5, 0.6) is 0 Å². The minimum Gasteiger partial charge on any atom is -0.363 e. The standard InChI is InChI=1S/C10H9N3OS/c11-9(14)10-13-12-8(15-10)6-7-4-2-1-3-5-7/h1-5H,6H2,(H2,11,14). The molecule has 1 aromatic heterocycles. The Kier molecular flexibility index (Phi) is 2.73. The van der Waals surface area contributed by atoms with E-state index in [1.165, 1.54) is 11.3 Å². The average Bonchev–Trinajstić information content (AvgIpc) is 2.68. The summed E-state index contributed by atoms with van der Waals surface area (Å²) < 4.78 is 0. The van der Waals surface area contributed by atoms with Crippen molar-refractivity contribution < 1.29 is 4.79 Å². The second-order valence-corrected chi connectivity index (χ2v) is 4.09. The van der Waals surface area contributed by atoms with Crippen molar-refractivity contribution in [2.24, 2.45) is 5.73 Å². The molecule has 0 saturated heterocycles. The molecule has 5 heteroatoms. The Morgan fingerprint density at radius 2 is 2.00 bits per heavy atom. The lowest BCUT2D eigenvalue weighted by molar-refractivity contribution is 0.0999. The number of benzene rings is 1. The summed E-state index contributed by atoms with van der Waals surface area (Å²) in [5.74, 6) is -0.521. The van der Waals surface area contributed by atoms with Gasteiger partial charge in [0, 0.05) is 6.42 Å². The van der Waals surface area contributed by atoms with Gasteiger partial charge < -0.3 is 5.73 Å². The van der Waals surface area contributed by atoms with Crippen molar-refractivity contribution in [3.63, 3.8) is 0 Å². The van der Waals surface area contributed by atoms with Crippen LogP contribution in [0.25, 0.3) is 0 Å². The van der Waals surface area contributed by atoms with Crippen molar-refractivity contribution in [1.29, 1.82) is 0 Å². The largest absolute Gasteiger partial charge is 0.363 e. The number of carbonyl (C=O) groups excluding carboxylic acids is 1. The van der Waals surface area contributed by atoms with Gasteiger partial charge >= 0.3 is 0 Å². The van der Waals surface area contributed by atoms with Crippen LogP contribution in [-0.4, -0.2) is 16.1 Å². The second-order valence-electron chi connectivity index (χ2n) is 3.03. The molecule has 0 aliphatic heterocycles. The number of amides is 1. The molecule has 0 atom stereocenters. The smallest absolute Gasteiger partial charge is 0.279 e. The molecule has 4 nitrogen and oxygen atoms in total. The molecule has 2 aromatic rings. The molecule has 0 spiro atoms. The van der Waals surface area contributed by atoms with E-state index in [1.54, 1.807) is 0 Å². The predicted molar refractivity (Wildman–Crippen MR) is 57.7 cm³/mol. The van der Waals surface area contributed by atoms with Crippen LogP contribution in [0.4, 0.5) is 0 Å². The maximum Gasteiger partial charge on any atom is 0.279 e. The molecule has 1 amide bonds. The summed E-state index contributed by atoms with van der Waals surface area (Å²) in [6.45, 7) is 0. The summed E-state index contributed by atoms with van der Waals surface area (Å²) in [5, 5.41) is 8.67. The van der Waals surface area contributed by atoms with E-state index in [0.717, 1.165) is 10.6 Å². The third kappa shape index (κ3) is 2.38. The molecule has 76 valence electrons. The van der Waals surface area contributed by atoms with Crippen molar-refractivity contribution in [1.82, 2.24) is 10.2 Å². The zero-order valence-electron chi connectivity index (χ0n) is 7.88. The molecule has 2 N–H and O–H groups in total. The lowest BCUT2D eigenvalue weighted by Crippen LogP contribution is -2.10. The maximum absolute atomic E-state index is 10.8. The highest BCUT2D eigenvalue weighted by molar-refractivity contribution is 7.13. The minimum atomic E-state index is -0.521. The quantitative estimate of drug-likeness (QED) is 0.844. The van der Waals surface area contributed by atoms with Crippen LogP contribution in [0.1, 0.15) is 20.4 Å². The van der Waals surface area contributed by atoms with Crippen molar-refractivity contribution in [2.45, 2.75) is 6.42 Å². The van der Waals surface area contributed by atoms with Crippen LogP contribution in [-0.2, 0) is 6.42 Å². The van der Waals surface area contributed by atoms with Crippen molar-refractivity contribution in [3.05, 3.63) is 45.9 Å². The van der Waals surface area contributed by atoms with Crippen LogP contribution >= 0.6 is 11.3 Å². The van der Waals surface area contributed by atoms with Crippen molar-refractivity contribution in [2.75, 3.05) is 0 Å². The normalized spacial score (nSPS) is 10.1. The zero-order valence-corrected chi connectivity index (χ0v) is 8.70. The SMILES string of the molecule is NC(=O)c1nnc(Cc2ccccc2)s1. The van der Waals surface area contributed by atoms with Gasteiger partial charge in [0.15, 0.2) is 0 Å². The first-order valence-electron chi connectivity index (χ1n) is 4.42. The number of aromatic nitrogens is 2. The Morgan fingerprint density at radius 1 is 1.27 bits per heavy atom. The summed E-state index contributed by atoms with van der Waals surface area (Å²) >= 11 is 1.24. The highest BCUT2D eigenvalue weighted by atomic mass is 32.1. The van der Waals surface area contributed by atoms with Gasteiger partial charge in [-0.15, -0.1) is 10.2 Å². The summed E-state index contributed by atoms with van der Waals surface area (Å²) in [4.78, 5) is 10.8. The molecule has 15 heavy (non-hydrogen) atoms. The summed E-state index contributed by atoms with van der Waals surface area (Å²) in [6, 6.07) is 9.89. The Balaban J connectivity index is 2.15. The van der Waals surface area contributed by atoms with Crippen molar-refractivity contribution in [3.8, 4) is 0 Å². The number of hydrogen-bond acceptors (Lipinski definition) is 4. The molecule has 0 radical (unpaired) electrons. The summed E-state index contributed by atoms with van der Waals surface area (Å²) in [7, 11) is 0. The first kappa shape index (κ1) is 9.79. The Bertz CT molecular complexity index is 467. The van der Waals surface area contributed by atoms with Crippen LogP contribution < -0.4 is 5.73 Å². The lowest BCUT2D eigenvalue weighted by atomic mass is 10.2.